The number of carbonyl (C=O) groups excluding carboxylic acids is 1. The number of halogens is 4. The minimum absolute atomic E-state index is 0.196. The van der Waals surface area contributed by atoms with E-state index in [0.717, 1.165) is 27.5 Å². The van der Waals surface area contributed by atoms with Crippen molar-refractivity contribution < 1.29 is 14.7 Å². The molecule has 0 heterocycles. The van der Waals surface area contributed by atoms with Crippen molar-refractivity contribution in [3.05, 3.63) is 104 Å². The third-order valence-electron chi connectivity index (χ3n) is 5.32. The van der Waals surface area contributed by atoms with Gasteiger partial charge in [0.05, 0.1) is 0 Å². The van der Waals surface area contributed by atoms with Gasteiger partial charge in [-0.3, -0.25) is 0 Å². The third kappa shape index (κ3) is 5.46. The molecule has 0 spiro atoms. The van der Waals surface area contributed by atoms with Crippen LogP contribution in [0, 0.1) is 0 Å². The van der Waals surface area contributed by atoms with Gasteiger partial charge in [-0.05, 0) is 0 Å². The second-order valence-corrected chi connectivity index (χ2v) is 11.9. The summed E-state index contributed by atoms with van der Waals surface area (Å²) in [5.74, 6) is -1.01. The maximum absolute atomic E-state index is 12.8. The van der Waals surface area contributed by atoms with Crippen molar-refractivity contribution in [2.24, 2.45) is 0 Å². The first-order valence-corrected chi connectivity index (χ1v) is 13.7. The number of carboxylic acids is 1. The minimum atomic E-state index is -1.23. The molecule has 0 amide bonds. The average molecular weight is 593 g/mol. The number of carboxylic acid groups (broad SMARTS) is 1. The molecule has 0 aliphatic heterocycles. The van der Waals surface area contributed by atoms with Gasteiger partial charge in [0.25, 0.3) is 0 Å². The summed E-state index contributed by atoms with van der Waals surface area (Å²) >= 11 is 23.7. The van der Waals surface area contributed by atoms with Gasteiger partial charge in [-0.15, -0.1) is 0 Å². The fourth-order valence-electron chi connectivity index (χ4n) is 3.67. The van der Waals surface area contributed by atoms with E-state index in [1.54, 1.807) is 36.4 Å². The van der Waals surface area contributed by atoms with Crippen LogP contribution in [-0.2, 0) is 11.2 Å². The Morgan fingerprint density at radius 3 is 1.94 bits per heavy atom. The van der Waals surface area contributed by atoms with E-state index in [0.29, 0.717) is 10.0 Å². The Morgan fingerprint density at radius 2 is 1.32 bits per heavy atom. The molecule has 1 radical (unpaired) electrons. The molecule has 0 aromatic heterocycles. The average Bonchev–Trinajstić information content (AvgIpc) is 2.78. The van der Waals surface area contributed by atoms with E-state index in [9.17, 15) is 14.7 Å². The zero-order valence-electron chi connectivity index (χ0n) is 17.4. The van der Waals surface area contributed by atoms with E-state index in [1.807, 2.05) is 36.4 Å². The van der Waals surface area contributed by atoms with Crippen LogP contribution in [0.1, 0.15) is 15.9 Å². The van der Waals surface area contributed by atoms with Gasteiger partial charge >= 0.3 is 224 Å². The molecule has 1 N–H and O–H groups in total. The molecule has 0 aliphatic rings. The molecule has 0 aliphatic carbocycles. The molecule has 3 nitrogen and oxygen atoms in total. The van der Waals surface area contributed by atoms with Crippen LogP contribution in [0.5, 0.6) is 0 Å². The Hall–Kier alpha value is -2.00. The molecule has 4 aromatic carbocycles. The van der Waals surface area contributed by atoms with Crippen LogP contribution < -0.4 is 0 Å². The molecular formula is C26H16AsCl4O3. The van der Waals surface area contributed by atoms with Crippen molar-refractivity contribution in [2.45, 2.75) is 11.1 Å². The molecule has 8 heteroatoms. The van der Waals surface area contributed by atoms with Gasteiger partial charge in [-0.1, -0.05) is 0 Å². The van der Waals surface area contributed by atoms with Crippen LogP contribution in [-0.4, -0.2) is 31.4 Å². The summed E-state index contributed by atoms with van der Waals surface area (Å²) in [6.45, 7) is 0. The number of carbonyl (C=O) groups is 2. The Kier molecular flexibility index (Phi) is 7.92. The molecular weight excluding hydrogens is 577 g/mol. The van der Waals surface area contributed by atoms with Crippen LogP contribution in [0.4, 0.5) is 0 Å². The predicted octanol–water partition coefficient (Wildman–Crippen LogP) is 8.08. The van der Waals surface area contributed by atoms with Gasteiger partial charge in [-0.25, -0.2) is 0 Å². The standard InChI is InChI=1S/C26H16AsCl4O3/c28-19-3-1-4-20(29)23(19)17-10-9-15-11-14(7-8-16(15)13-17)12-18(26(33)34)27-25(32)24-21(30)5-2-6-22(24)31/h1-11,13,18H,12H2,(H,33,34). The summed E-state index contributed by atoms with van der Waals surface area (Å²) in [5, 5.41) is 13.3. The van der Waals surface area contributed by atoms with E-state index in [4.69, 9.17) is 46.4 Å². The summed E-state index contributed by atoms with van der Waals surface area (Å²) in [4.78, 5) is 24.8. The first-order valence-electron chi connectivity index (χ1n) is 10.1. The Balaban J connectivity index is 1.59. The van der Waals surface area contributed by atoms with E-state index < -0.39 is 26.4 Å². The van der Waals surface area contributed by atoms with Gasteiger partial charge < -0.3 is 0 Å². The van der Waals surface area contributed by atoms with Crippen molar-refractivity contribution in [3.63, 3.8) is 0 Å². The summed E-state index contributed by atoms with van der Waals surface area (Å²) < 4.78 is -1.13. The van der Waals surface area contributed by atoms with Crippen molar-refractivity contribution in [3.8, 4) is 11.1 Å². The van der Waals surface area contributed by atoms with E-state index in [2.05, 4.69) is 0 Å². The molecule has 34 heavy (non-hydrogen) atoms. The Bertz CT molecular complexity index is 1380. The van der Waals surface area contributed by atoms with Gasteiger partial charge in [-0.2, -0.15) is 0 Å². The monoisotopic (exact) mass is 591 g/mol. The molecule has 4 rings (SSSR count). The molecule has 171 valence electrons. The van der Waals surface area contributed by atoms with Crippen LogP contribution in [0.2, 0.25) is 24.8 Å². The van der Waals surface area contributed by atoms with E-state index >= 15 is 0 Å². The Morgan fingerprint density at radius 1 is 0.765 bits per heavy atom. The van der Waals surface area contributed by atoms with Gasteiger partial charge in [0.2, 0.25) is 0 Å². The molecule has 0 bridgehead atoms. The fourth-order valence-corrected chi connectivity index (χ4v) is 7.38. The number of benzene rings is 4. The quantitative estimate of drug-likeness (QED) is 0.221. The molecule has 0 saturated heterocycles. The summed E-state index contributed by atoms with van der Waals surface area (Å²) in [5.41, 5.74) is 2.69. The van der Waals surface area contributed by atoms with Gasteiger partial charge in [0, 0.05) is 0 Å². The number of fused-ring (bicyclic) bond motifs is 1. The van der Waals surface area contributed by atoms with Crippen LogP contribution in [0.15, 0.2) is 72.8 Å². The van der Waals surface area contributed by atoms with Crippen LogP contribution >= 0.6 is 46.4 Å². The third-order valence-corrected chi connectivity index (χ3v) is 9.04. The van der Waals surface area contributed by atoms with Crippen molar-refractivity contribution >= 4 is 83.5 Å². The predicted molar refractivity (Wildman–Crippen MR) is 141 cm³/mol. The van der Waals surface area contributed by atoms with Crippen molar-refractivity contribution in [1.82, 2.24) is 0 Å². The van der Waals surface area contributed by atoms with Gasteiger partial charge in [0.15, 0.2) is 0 Å². The van der Waals surface area contributed by atoms with Crippen molar-refractivity contribution in [2.75, 3.05) is 0 Å². The fraction of sp³-hybridized carbons (Fsp3) is 0.0769. The molecule has 1 atom stereocenters. The van der Waals surface area contributed by atoms with Crippen LogP contribution in [0.25, 0.3) is 21.9 Å². The van der Waals surface area contributed by atoms with E-state index in [1.165, 1.54) is 0 Å². The zero-order valence-corrected chi connectivity index (χ0v) is 22.3. The van der Waals surface area contributed by atoms with Gasteiger partial charge in [0.1, 0.15) is 0 Å². The molecule has 4 aromatic rings. The normalized spacial score (nSPS) is 12.4. The number of hydrogen-bond acceptors (Lipinski definition) is 2. The SMILES string of the molecule is O=C([As]C(Cc1ccc2cc(-c3c(Cl)cccc3Cl)ccc2c1)C(=O)O)c1c(Cl)cccc1Cl. The maximum atomic E-state index is 12.8. The topological polar surface area (TPSA) is 54.4 Å². The summed E-state index contributed by atoms with van der Waals surface area (Å²) in [6.07, 6.45) is 0.233. The number of hydrogen-bond donors (Lipinski definition) is 1. The van der Waals surface area contributed by atoms with E-state index in [-0.39, 0.29) is 26.6 Å². The first-order chi connectivity index (χ1) is 16.2. The second-order valence-electron chi connectivity index (χ2n) is 7.58. The zero-order chi connectivity index (χ0) is 24.4. The first kappa shape index (κ1) is 25.1. The number of rotatable bonds is 7. The molecule has 0 fully saturated rings. The second kappa shape index (κ2) is 10.7. The molecule has 0 saturated carbocycles. The number of aliphatic carboxylic acids is 1. The molecule has 1 unspecified atom stereocenters. The summed E-state index contributed by atoms with van der Waals surface area (Å²) in [7, 11) is 0. The Labute approximate surface area is 223 Å². The summed E-state index contributed by atoms with van der Waals surface area (Å²) in [6, 6.07) is 21.8. The van der Waals surface area contributed by atoms with Crippen LogP contribution in [0.3, 0.4) is 0 Å². The van der Waals surface area contributed by atoms with Crippen molar-refractivity contribution in [1.29, 1.82) is 0 Å².